The summed E-state index contributed by atoms with van der Waals surface area (Å²) in [6.07, 6.45) is -54.3. The van der Waals surface area contributed by atoms with Gasteiger partial charge in [0.25, 0.3) is 0 Å². The summed E-state index contributed by atoms with van der Waals surface area (Å²) in [4.78, 5) is 0. The SMILES string of the molecule is C[C@H]1O[C@@H](O[C@@H]2[C@@H](O)[C@H](OC[C@@H]3OC(O)[C@H](O)[C@H]3O)O[C@H]2CO[C@@H]2O[C@@H](CO[C@H]3O[C@H](CO)[C@@H](O[C@H]4O[C@H](CO)[C@@H](O[C@@H]5O[C@H](CO)[C@H](O)[C@H](O)[C@H]5O)[C@@H](O)[C@H]4O)[C@H](O)[C@H]3O)[C@H](O)[C@H]2O)[C@H](O)[C@@H](O)[C@H]1O. The number of ether oxygens (including phenoxy) is 13. The average Bonchev–Trinajstić information content (AvgIpc) is 3.90. The highest BCUT2D eigenvalue weighted by atomic mass is 16.8. The van der Waals surface area contributed by atoms with Gasteiger partial charge < -0.3 is 159 Å². The van der Waals surface area contributed by atoms with Crippen LogP contribution in [0.4, 0.5) is 0 Å². The Kier molecular flexibility index (Phi) is 19.7. The van der Waals surface area contributed by atoms with E-state index in [1.807, 2.05) is 0 Å². The quantitative estimate of drug-likeness (QED) is 0.0606. The van der Waals surface area contributed by atoms with Gasteiger partial charge in [0.1, 0.15) is 146 Å². The van der Waals surface area contributed by atoms with Crippen molar-refractivity contribution in [3.05, 3.63) is 0 Å². The fraction of sp³-hybridized carbons (Fsp3) is 1.00. The van der Waals surface area contributed by atoms with Gasteiger partial charge in [-0.2, -0.15) is 0 Å². The molecule has 0 saturated carbocycles. The predicted octanol–water partition coefficient (Wildman–Crippen LogP) is -13.3. The van der Waals surface area contributed by atoms with Crippen LogP contribution >= 0.6 is 0 Å². The smallest absolute Gasteiger partial charge is 0.187 e. The molecule has 32 nitrogen and oxygen atoms in total. The Morgan fingerprint density at radius 3 is 1.10 bits per heavy atom. The van der Waals surface area contributed by atoms with Crippen LogP contribution in [0.15, 0.2) is 0 Å². The summed E-state index contributed by atoms with van der Waals surface area (Å²) in [7, 11) is 0. The summed E-state index contributed by atoms with van der Waals surface area (Å²) in [6, 6.07) is 0. The van der Waals surface area contributed by atoms with Crippen molar-refractivity contribution >= 4 is 0 Å². The normalized spacial score (nSPS) is 53.9. The van der Waals surface area contributed by atoms with E-state index in [4.69, 9.17) is 61.6 Å². The van der Waals surface area contributed by atoms with Gasteiger partial charge in [0, 0.05) is 0 Å². The molecule has 32 heteroatoms. The van der Waals surface area contributed by atoms with E-state index in [1.54, 1.807) is 0 Å². The van der Waals surface area contributed by atoms with E-state index in [1.165, 1.54) is 6.92 Å². The van der Waals surface area contributed by atoms with Gasteiger partial charge in [-0.05, 0) is 6.92 Å². The molecule has 32 atom stereocenters. The molecule has 0 aromatic heterocycles. The first-order chi connectivity index (χ1) is 33.6. The zero-order valence-corrected chi connectivity index (χ0v) is 37.5. The van der Waals surface area contributed by atoms with E-state index in [-0.39, 0.29) is 0 Å². The molecule has 71 heavy (non-hydrogen) atoms. The molecule has 0 radical (unpaired) electrons. The summed E-state index contributed by atoms with van der Waals surface area (Å²) in [6.45, 7) is -3.19. The maximum Gasteiger partial charge on any atom is 0.187 e. The Balaban J connectivity index is 0.931. The molecule has 0 bridgehead atoms. The lowest BCUT2D eigenvalue weighted by atomic mass is 9.96. The fourth-order valence-electron chi connectivity index (χ4n) is 9.03. The van der Waals surface area contributed by atoms with Crippen molar-refractivity contribution in [2.45, 2.75) is 204 Å². The fourth-order valence-corrected chi connectivity index (χ4v) is 9.03. The third-order valence-corrected chi connectivity index (χ3v) is 13.4. The van der Waals surface area contributed by atoms with E-state index >= 15 is 0 Å². The molecule has 7 aliphatic rings. The first-order valence-corrected chi connectivity index (χ1v) is 22.7. The Bertz CT molecular complexity index is 1640. The van der Waals surface area contributed by atoms with Crippen LogP contribution in [-0.4, -0.2) is 333 Å². The molecule has 1 unspecified atom stereocenters. The van der Waals surface area contributed by atoms with Crippen molar-refractivity contribution < 1.29 is 159 Å². The molecule has 7 rings (SSSR count). The summed E-state index contributed by atoms with van der Waals surface area (Å²) in [5.74, 6) is 0. The van der Waals surface area contributed by atoms with E-state index in [2.05, 4.69) is 0 Å². The van der Waals surface area contributed by atoms with Crippen molar-refractivity contribution in [1.29, 1.82) is 0 Å². The minimum atomic E-state index is -2.07. The van der Waals surface area contributed by atoms with Crippen LogP contribution in [0.25, 0.3) is 0 Å². The largest absolute Gasteiger partial charge is 0.394 e. The molecule has 7 heterocycles. The standard InChI is InChI=1S/C39H66O32/c1-8-15(43)19(47)25(53)37(62-8)71-32-14(68-36(29(32)57)60-5-12-17(45)23(51)33(58)63-12)7-61-34-24(52)18(46)13(67-34)6-59-35-27(55)21(49)30(10(3-41)65-35)70-39-28(56)22(50)31(11(4-42)66-39)69-38-26(54)20(48)16(44)9(2-40)64-38/h8-58H,2-7H2,1H3/t8-,9-,10-,11-,12+,13+,14+,15+,16+,17+,18+,19+,20+,21-,22+,23-,24-,25-,26-,27-,28-,29-,30-,31-,32+,33?,34-,35+,36-,37+,38+,39-/m1/s1. The van der Waals surface area contributed by atoms with Gasteiger partial charge in [-0.1, -0.05) is 0 Å². The average molecular weight is 1050 g/mol. The molecule has 7 saturated heterocycles. The number of aliphatic hydroxyl groups is 19. The summed E-state index contributed by atoms with van der Waals surface area (Å²) < 4.78 is 72.3. The highest BCUT2D eigenvalue weighted by Gasteiger charge is 2.56. The molecule has 7 fully saturated rings. The molecule has 414 valence electrons. The third kappa shape index (κ3) is 12.0. The lowest BCUT2D eigenvalue weighted by molar-refractivity contribution is -0.380. The van der Waals surface area contributed by atoms with Crippen LogP contribution in [0.5, 0.6) is 0 Å². The lowest BCUT2D eigenvalue weighted by Gasteiger charge is -2.48. The Hall–Kier alpha value is -1.28. The van der Waals surface area contributed by atoms with Crippen LogP contribution in [0.1, 0.15) is 6.92 Å². The molecule has 0 aromatic rings. The molecule has 0 spiro atoms. The third-order valence-electron chi connectivity index (χ3n) is 13.4. The van der Waals surface area contributed by atoms with Crippen LogP contribution in [-0.2, 0) is 61.6 Å². The molecular weight excluding hydrogens is 980 g/mol. The highest BCUT2D eigenvalue weighted by Crippen LogP contribution is 2.35. The van der Waals surface area contributed by atoms with E-state index in [0.29, 0.717) is 0 Å². The molecule has 19 N–H and O–H groups in total. The second kappa shape index (κ2) is 24.4. The minimum absolute atomic E-state index is 0.549. The van der Waals surface area contributed by atoms with Gasteiger partial charge in [-0.3, -0.25) is 0 Å². The van der Waals surface area contributed by atoms with Crippen LogP contribution < -0.4 is 0 Å². The molecular formula is C39H66O32. The van der Waals surface area contributed by atoms with Crippen LogP contribution in [0.2, 0.25) is 0 Å². The number of aliphatic hydroxyl groups excluding tert-OH is 19. The predicted molar refractivity (Wildman–Crippen MR) is 212 cm³/mol. The first kappa shape index (κ1) is 57.4. The zero-order chi connectivity index (χ0) is 51.9. The van der Waals surface area contributed by atoms with Crippen LogP contribution in [0.3, 0.4) is 0 Å². The molecule has 0 aromatic carbocycles. The van der Waals surface area contributed by atoms with Gasteiger partial charge in [0.05, 0.1) is 45.7 Å². The van der Waals surface area contributed by atoms with Gasteiger partial charge in [0.2, 0.25) is 0 Å². The number of hydrogen-bond donors (Lipinski definition) is 19. The van der Waals surface area contributed by atoms with Crippen molar-refractivity contribution in [2.24, 2.45) is 0 Å². The van der Waals surface area contributed by atoms with Crippen molar-refractivity contribution in [3.8, 4) is 0 Å². The summed E-state index contributed by atoms with van der Waals surface area (Å²) in [5, 5.41) is 198. The first-order valence-electron chi connectivity index (χ1n) is 22.7. The van der Waals surface area contributed by atoms with E-state index in [9.17, 15) is 97.0 Å². The Labute approximate surface area is 401 Å². The van der Waals surface area contributed by atoms with Gasteiger partial charge in [-0.15, -0.1) is 0 Å². The van der Waals surface area contributed by atoms with Crippen molar-refractivity contribution in [1.82, 2.24) is 0 Å². The van der Waals surface area contributed by atoms with Gasteiger partial charge >= 0.3 is 0 Å². The second-order valence-electron chi connectivity index (χ2n) is 18.2. The molecule has 0 aliphatic carbocycles. The number of rotatable bonds is 18. The summed E-state index contributed by atoms with van der Waals surface area (Å²) >= 11 is 0. The van der Waals surface area contributed by atoms with Crippen molar-refractivity contribution in [3.63, 3.8) is 0 Å². The second-order valence-corrected chi connectivity index (χ2v) is 18.2. The highest BCUT2D eigenvalue weighted by molar-refractivity contribution is 4.98. The Morgan fingerprint density at radius 2 is 0.606 bits per heavy atom. The lowest BCUT2D eigenvalue weighted by Crippen LogP contribution is -2.66. The molecule has 7 aliphatic heterocycles. The maximum atomic E-state index is 11.2. The minimum Gasteiger partial charge on any atom is -0.394 e. The summed E-state index contributed by atoms with van der Waals surface area (Å²) in [5.41, 5.74) is 0. The van der Waals surface area contributed by atoms with Crippen molar-refractivity contribution in [2.75, 3.05) is 39.6 Å². The number of hydrogen-bond acceptors (Lipinski definition) is 32. The zero-order valence-electron chi connectivity index (χ0n) is 37.5. The maximum absolute atomic E-state index is 11.2. The van der Waals surface area contributed by atoms with Gasteiger partial charge in [-0.25, -0.2) is 0 Å². The van der Waals surface area contributed by atoms with E-state index in [0.717, 1.165) is 0 Å². The topological polar surface area (TPSA) is 504 Å². The molecule has 0 amide bonds. The van der Waals surface area contributed by atoms with Gasteiger partial charge in [0.15, 0.2) is 44.0 Å². The Morgan fingerprint density at radius 1 is 0.282 bits per heavy atom. The van der Waals surface area contributed by atoms with Crippen LogP contribution in [0, 0.1) is 0 Å². The monoisotopic (exact) mass is 1050 g/mol. The van der Waals surface area contributed by atoms with E-state index < -0.39 is 236 Å².